The Balaban J connectivity index is 2.30. The zero-order valence-corrected chi connectivity index (χ0v) is 5.82. The zero-order valence-electron chi connectivity index (χ0n) is 5.06. The van der Waals surface area contributed by atoms with E-state index < -0.39 is 0 Å². The molecule has 0 amide bonds. The van der Waals surface area contributed by atoms with E-state index in [1.807, 2.05) is 0 Å². The molecule has 0 aromatic rings. The number of ether oxygens (including phenoxy) is 1. The van der Waals surface area contributed by atoms with Crippen LogP contribution in [0.4, 0.5) is 0 Å². The van der Waals surface area contributed by atoms with Crippen molar-refractivity contribution in [1.82, 2.24) is 0 Å². The molecule has 2 unspecified atom stereocenters. The van der Waals surface area contributed by atoms with Crippen LogP contribution in [0, 0.1) is 0 Å². The molecular weight excluding hydrogens is 124 g/mol. The van der Waals surface area contributed by atoms with Gasteiger partial charge in [-0.15, -0.1) is 11.6 Å². The Kier molecular flexibility index (Phi) is 2.15. The summed E-state index contributed by atoms with van der Waals surface area (Å²) in [5.41, 5.74) is 0. The molecule has 2 atom stereocenters. The zero-order chi connectivity index (χ0) is 5.98. The van der Waals surface area contributed by atoms with Crippen molar-refractivity contribution in [1.29, 1.82) is 0 Å². The standard InChI is InChI=1S/C6H11ClO/c1-2-6-5(7)3-4-8-6/h5-6H,2-4H2,1H3. The third kappa shape index (κ3) is 1.15. The molecule has 0 aliphatic carbocycles. The van der Waals surface area contributed by atoms with Crippen LogP contribution in [0.25, 0.3) is 0 Å². The van der Waals surface area contributed by atoms with Gasteiger partial charge < -0.3 is 4.74 Å². The smallest absolute Gasteiger partial charge is 0.0736 e. The van der Waals surface area contributed by atoms with Gasteiger partial charge in [0, 0.05) is 6.61 Å². The highest BCUT2D eigenvalue weighted by molar-refractivity contribution is 6.21. The van der Waals surface area contributed by atoms with Gasteiger partial charge in [0.25, 0.3) is 0 Å². The number of alkyl halides is 1. The van der Waals surface area contributed by atoms with Gasteiger partial charge in [-0.3, -0.25) is 0 Å². The second-order valence-electron chi connectivity index (χ2n) is 2.12. The van der Waals surface area contributed by atoms with Gasteiger partial charge in [-0.1, -0.05) is 6.92 Å². The molecule has 2 heteroatoms. The van der Waals surface area contributed by atoms with E-state index in [0.29, 0.717) is 6.10 Å². The lowest BCUT2D eigenvalue weighted by Crippen LogP contribution is -2.13. The van der Waals surface area contributed by atoms with E-state index in [4.69, 9.17) is 16.3 Å². The monoisotopic (exact) mass is 134 g/mol. The van der Waals surface area contributed by atoms with Crippen LogP contribution in [0.3, 0.4) is 0 Å². The Hall–Kier alpha value is 0.250. The molecule has 1 aliphatic rings. The minimum absolute atomic E-state index is 0.278. The molecule has 1 saturated heterocycles. The van der Waals surface area contributed by atoms with Crippen LogP contribution < -0.4 is 0 Å². The van der Waals surface area contributed by atoms with Crippen molar-refractivity contribution in [3.05, 3.63) is 0 Å². The van der Waals surface area contributed by atoms with Crippen molar-refractivity contribution in [2.75, 3.05) is 6.61 Å². The Morgan fingerprint density at radius 1 is 1.75 bits per heavy atom. The van der Waals surface area contributed by atoms with Crippen LogP contribution in [0.15, 0.2) is 0 Å². The fraction of sp³-hybridized carbons (Fsp3) is 1.00. The highest BCUT2D eigenvalue weighted by Crippen LogP contribution is 2.20. The van der Waals surface area contributed by atoms with Gasteiger partial charge in [0.2, 0.25) is 0 Å². The first kappa shape index (κ1) is 6.37. The topological polar surface area (TPSA) is 9.23 Å². The SMILES string of the molecule is CCC1OCCC1Cl. The molecule has 0 spiro atoms. The van der Waals surface area contributed by atoms with Gasteiger partial charge in [-0.05, 0) is 12.8 Å². The van der Waals surface area contributed by atoms with Crippen molar-refractivity contribution in [2.24, 2.45) is 0 Å². The molecule has 48 valence electrons. The maximum atomic E-state index is 5.85. The first-order valence-electron chi connectivity index (χ1n) is 3.10. The Morgan fingerprint density at radius 2 is 2.50 bits per heavy atom. The van der Waals surface area contributed by atoms with E-state index in [0.717, 1.165) is 19.4 Å². The summed E-state index contributed by atoms with van der Waals surface area (Å²) in [6.45, 7) is 2.96. The van der Waals surface area contributed by atoms with E-state index >= 15 is 0 Å². The molecule has 1 aliphatic heterocycles. The first-order chi connectivity index (χ1) is 3.84. The summed E-state index contributed by atoms with van der Waals surface area (Å²) in [5.74, 6) is 0. The molecule has 0 radical (unpaired) electrons. The van der Waals surface area contributed by atoms with Crippen LogP contribution in [0.5, 0.6) is 0 Å². The molecule has 0 N–H and O–H groups in total. The van der Waals surface area contributed by atoms with Crippen molar-refractivity contribution >= 4 is 11.6 Å². The van der Waals surface area contributed by atoms with Gasteiger partial charge in [-0.2, -0.15) is 0 Å². The molecule has 1 rings (SSSR count). The number of halogens is 1. The van der Waals surface area contributed by atoms with Crippen molar-refractivity contribution < 1.29 is 4.74 Å². The Morgan fingerprint density at radius 3 is 2.75 bits per heavy atom. The lowest BCUT2D eigenvalue weighted by molar-refractivity contribution is 0.109. The molecule has 0 aromatic heterocycles. The molecule has 1 heterocycles. The Labute approximate surface area is 55.0 Å². The van der Waals surface area contributed by atoms with Crippen molar-refractivity contribution in [3.63, 3.8) is 0 Å². The molecule has 0 aromatic carbocycles. The quantitative estimate of drug-likeness (QED) is 0.497. The van der Waals surface area contributed by atoms with Crippen LogP contribution >= 0.6 is 11.6 Å². The number of rotatable bonds is 1. The summed E-state index contributed by atoms with van der Waals surface area (Å²) in [6, 6.07) is 0. The molecule has 0 saturated carbocycles. The molecular formula is C6H11ClO. The van der Waals surface area contributed by atoms with Gasteiger partial charge in [0.1, 0.15) is 0 Å². The van der Waals surface area contributed by atoms with Crippen LogP contribution in [-0.2, 0) is 4.74 Å². The minimum Gasteiger partial charge on any atom is -0.377 e. The summed E-state index contributed by atoms with van der Waals surface area (Å²) < 4.78 is 5.28. The highest BCUT2D eigenvalue weighted by atomic mass is 35.5. The predicted molar refractivity (Wildman–Crippen MR) is 34.3 cm³/mol. The fourth-order valence-electron chi connectivity index (χ4n) is 0.996. The Bertz CT molecular complexity index is 74.9. The summed E-state index contributed by atoms with van der Waals surface area (Å²) in [6.07, 6.45) is 2.41. The van der Waals surface area contributed by atoms with Gasteiger partial charge in [0.15, 0.2) is 0 Å². The minimum atomic E-state index is 0.278. The summed E-state index contributed by atoms with van der Waals surface area (Å²) in [5, 5.41) is 0.278. The van der Waals surface area contributed by atoms with E-state index in [1.54, 1.807) is 0 Å². The second-order valence-corrected chi connectivity index (χ2v) is 2.68. The number of hydrogen-bond acceptors (Lipinski definition) is 1. The molecule has 1 fully saturated rings. The van der Waals surface area contributed by atoms with E-state index in [9.17, 15) is 0 Å². The first-order valence-corrected chi connectivity index (χ1v) is 3.54. The van der Waals surface area contributed by atoms with Crippen LogP contribution in [0.1, 0.15) is 19.8 Å². The highest BCUT2D eigenvalue weighted by Gasteiger charge is 2.23. The molecule has 8 heavy (non-hydrogen) atoms. The predicted octanol–water partition coefficient (Wildman–Crippen LogP) is 1.79. The second kappa shape index (κ2) is 2.70. The van der Waals surface area contributed by atoms with Gasteiger partial charge in [0.05, 0.1) is 11.5 Å². The van der Waals surface area contributed by atoms with E-state index in [-0.39, 0.29) is 5.38 Å². The summed E-state index contributed by atoms with van der Waals surface area (Å²) in [7, 11) is 0. The largest absolute Gasteiger partial charge is 0.377 e. The van der Waals surface area contributed by atoms with Crippen LogP contribution in [0.2, 0.25) is 0 Å². The fourth-order valence-corrected chi connectivity index (χ4v) is 1.34. The van der Waals surface area contributed by atoms with Crippen molar-refractivity contribution in [3.8, 4) is 0 Å². The normalized spacial score (nSPS) is 38.2. The number of hydrogen-bond donors (Lipinski definition) is 0. The van der Waals surface area contributed by atoms with Gasteiger partial charge in [-0.25, -0.2) is 0 Å². The van der Waals surface area contributed by atoms with Crippen molar-refractivity contribution in [2.45, 2.75) is 31.2 Å². The molecule has 1 nitrogen and oxygen atoms in total. The maximum Gasteiger partial charge on any atom is 0.0736 e. The summed E-state index contributed by atoms with van der Waals surface area (Å²) in [4.78, 5) is 0. The third-order valence-corrected chi connectivity index (χ3v) is 2.03. The lowest BCUT2D eigenvalue weighted by atomic mass is 10.2. The van der Waals surface area contributed by atoms with Gasteiger partial charge >= 0.3 is 0 Å². The average molecular weight is 135 g/mol. The molecule has 0 bridgehead atoms. The summed E-state index contributed by atoms with van der Waals surface area (Å²) >= 11 is 5.85. The third-order valence-electron chi connectivity index (χ3n) is 1.53. The van der Waals surface area contributed by atoms with E-state index in [1.165, 1.54) is 0 Å². The average Bonchev–Trinajstić information content (AvgIpc) is 2.14. The lowest BCUT2D eigenvalue weighted by Gasteiger charge is -2.07. The van der Waals surface area contributed by atoms with E-state index in [2.05, 4.69) is 6.92 Å². The van der Waals surface area contributed by atoms with Crippen LogP contribution in [-0.4, -0.2) is 18.1 Å². The maximum absolute atomic E-state index is 5.85.